The molecule has 0 bridgehead atoms. The van der Waals surface area contributed by atoms with Gasteiger partial charge in [0.25, 0.3) is 0 Å². The van der Waals surface area contributed by atoms with Gasteiger partial charge in [0.1, 0.15) is 0 Å². The Morgan fingerprint density at radius 3 is 3.00 bits per heavy atom. The Morgan fingerprint density at radius 2 is 2.16 bits per heavy atom. The van der Waals surface area contributed by atoms with Gasteiger partial charge in [0.05, 0.1) is 11.4 Å². The van der Waals surface area contributed by atoms with Crippen molar-refractivity contribution in [1.29, 1.82) is 0 Å². The van der Waals surface area contributed by atoms with E-state index >= 15 is 0 Å². The summed E-state index contributed by atoms with van der Waals surface area (Å²) in [6.45, 7) is 9.31. The van der Waals surface area contributed by atoms with Crippen molar-refractivity contribution in [2.75, 3.05) is 36.0 Å². The zero-order valence-electron chi connectivity index (χ0n) is 11.9. The molecule has 0 aromatic heterocycles. The average molecular weight is 257 g/mol. The van der Waals surface area contributed by atoms with E-state index in [0.29, 0.717) is 12.0 Å². The first-order valence-electron chi connectivity index (χ1n) is 7.64. The van der Waals surface area contributed by atoms with Gasteiger partial charge in [-0.15, -0.1) is 0 Å². The first-order valence-corrected chi connectivity index (χ1v) is 7.64. The van der Waals surface area contributed by atoms with Gasteiger partial charge in [-0.1, -0.05) is 12.1 Å². The van der Waals surface area contributed by atoms with E-state index in [-0.39, 0.29) is 0 Å². The second kappa shape index (κ2) is 4.14. The standard InChI is InChI=1S/C16H23N3/c1-11(2)18-8-9-19-14-6-7-17-10-13(14)12-4-3-5-15(18)16(12)19/h3-5,11,13-14,17H,6-10H2,1-2H3. The summed E-state index contributed by atoms with van der Waals surface area (Å²) in [6.07, 6.45) is 1.29. The average Bonchev–Trinajstić information content (AvgIpc) is 2.76. The van der Waals surface area contributed by atoms with Gasteiger partial charge in [-0.3, -0.25) is 0 Å². The van der Waals surface area contributed by atoms with Gasteiger partial charge in [0, 0.05) is 37.6 Å². The highest BCUT2D eigenvalue weighted by molar-refractivity contribution is 5.81. The van der Waals surface area contributed by atoms with Crippen LogP contribution in [-0.4, -0.2) is 38.3 Å². The molecule has 0 aliphatic carbocycles. The summed E-state index contributed by atoms with van der Waals surface area (Å²) in [5.74, 6) is 0.704. The number of hydrogen-bond donors (Lipinski definition) is 1. The molecule has 2 unspecified atom stereocenters. The van der Waals surface area contributed by atoms with E-state index in [1.54, 1.807) is 11.3 Å². The molecule has 1 fully saturated rings. The molecule has 0 amide bonds. The van der Waals surface area contributed by atoms with Crippen LogP contribution in [0, 0.1) is 0 Å². The molecule has 3 aliphatic rings. The second-order valence-electron chi connectivity index (χ2n) is 6.36. The molecule has 3 heteroatoms. The van der Waals surface area contributed by atoms with Crippen LogP contribution >= 0.6 is 0 Å². The summed E-state index contributed by atoms with van der Waals surface area (Å²) in [7, 11) is 0. The zero-order chi connectivity index (χ0) is 13.0. The third kappa shape index (κ3) is 1.54. The number of para-hydroxylation sites is 1. The smallest absolute Gasteiger partial charge is 0.0644 e. The van der Waals surface area contributed by atoms with Crippen LogP contribution in [0.2, 0.25) is 0 Å². The van der Waals surface area contributed by atoms with E-state index in [4.69, 9.17) is 0 Å². The van der Waals surface area contributed by atoms with Crippen molar-refractivity contribution >= 4 is 11.4 Å². The lowest BCUT2D eigenvalue weighted by Gasteiger charge is -2.42. The normalized spacial score (nSPS) is 28.6. The maximum Gasteiger partial charge on any atom is 0.0644 e. The van der Waals surface area contributed by atoms with Gasteiger partial charge < -0.3 is 15.1 Å². The van der Waals surface area contributed by atoms with Gasteiger partial charge in [-0.2, -0.15) is 0 Å². The molecule has 3 aliphatic heterocycles. The quantitative estimate of drug-likeness (QED) is 0.832. The largest absolute Gasteiger partial charge is 0.366 e. The third-order valence-corrected chi connectivity index (χ3v) is 5.09. The molecule has 2 atom stereocenters. The van der Waals surface area contributed by atoms with Crippen LogP contribution in [0.1, 0.15) is 31.7 Å². The summed E-state index contributed by atoms with van der Waals surface area (Å²) in [4.78, 5) is 5.27. The van der Waals surface area contributed by atoms with Gasteiger partial charge in [-0.25, -0.2) is 0 Å². The molecular weight excluding hydrogens is 234 g/mol. The predicted octanol–water partition coefficient (Wildman–Crippen LogP) is 2.18. The van der Waals surface area contributed by atoms with E-state index in [1.807, 2.05) is 0 Å². The van der Waals surface area contributed by atoms with Gasteiger partial charge >= 0.3 is 0 Å². The Kier molecular flexibility index (Phi) is 2.52. The molecule has 1 aromatic rings. The fourth-order valence-electron chi connectivity index (χ4n) is 4.24. The highest BCUT2D eigenvalue weighted by Gasteiger charge is 2.43. The molecule has 0 saturated carbocycles. The molecule has 1 aromatic carbocycles. The highest BCUT2D eigenvalue weighted by Crippen LogP contribution is 2.49. The minimum absolute atomic E-state index is 0.592. The maximum absolute atomic E-state index is 3.58. The van der Waals surface area contributed by atoms with Crippen molar-refractivity contribution in [3.8, 4) is 0 Å². The van der Waals surface area contributed by atoms with Gasteiger partial charge in [0.2, 0.25) is 0 Å². The number of benzene rings is 1. The first kappa shape index (κ1) is 11.6. The van der Waals surface area contributed by atoms with Crippen LogP contribution in [0.3, 0.4) is 0 Å². The van der Waals surface area contributed by atoms with Crippen molar-refractivity contribution in [1.82, 2.24) is 5.32 Å². The summed E-state index contributed by atoms with van der Waals surface area (Å²) in [5, 5.41) is 3.58. The Bertz CT molecular complexity index is 497. The number of rotatable bonds is 1. The van der Waals surface area contributed by atoms with Crippen molar-refractivity contribution in [2.24, 2.45) is 0 Å². The van der Waals surface area contributed by atoms with E-state index in [9.17, 15) is 0 Å². The van der Waals surface area contributed by atoms with E-state index in [1.165, 1.54) is 31.7 Å². The fourth-order valence-corrected chi connectivity index (χ4v) is 4.24. The van der Waals surface area contributed by atoms with E-state index in [2.05, 4.69) is 47.2 Å². The summed E-state index contributed by atoms with van der Waals surface area (Å²) in [6, 6.07) is 8.26. The number of piperidine rings is 1. The third-order valence-electron chi connectivity index (χ3n) is 5.09. The van der Waals surface area contributed by atoms with E-state index < -0.39 is 0 Å². The van der Waals surface area contributed by atoms with Crippen molar-refractivity contribution in [3.63, 3.8) is 0 Å². The van der Waals surface area contributed by atoms with Crippen molar-refractivity contribution in [2.45, 2.75) is 38.3 Å². The van der Waals surface area contributed by atoms with Crippen LogP contribution in [0.4, 0.5) is 11.4 Å². The minimum atomic E-state index is 0.592. The molecule has 1 N–H and O–H groups in total. The molecule has 0 spiro atoms. The summed E-state index contributed by atoms with van der Waals surface area (Å²) >= 11 is 0. The number of fused-ring (bicyclic) bond motifs is 3. The number of nitrogens with one attached hydrogen (secondary N) is 1. The molecule has 3 heterocycles. The number of nitrogens with zero attached hydrogens (tertiary/aromatic N) is 2. The molecular formula is C16H23N3. The van der Waals surface area contributed by atoms with E-state index in [0.717, 1.165) is 12.6 Å². The summed E-state index contributed by atoms with van der Waals surface area (Å²) < 4.78 is 0. The molecule has 1 saturated heterocycles. The summed E-state index contributed by atoms with van der Waals surface area (Å²) in [5.41, 5.74) is 4.59. The fraction of sp³-hybridized carbons (Fsp3) is 0.625. The Labute approximate surface area is 115 Å². The SMILES string of the molecule is CC(C)N1CCN2c3c(cccc31)C1CNCCC12. The van der Waals surface area contributed by atoms with Gasteiger partial charge in [0.15, 0.2) is 0 Å². The Balaban J connectivity index is 1.84. The van der Waals surface area contributed by atoms with Crippen LogP contribution in [0.15, 0.2) is 18.2 Å². The maximum atomic E-state index is 3.58. The lowest BCUT2D eigenvalue weighted by Crippen LogP contribution is -2.49. The van der Waals surface area contributed by atoms with Crippen LogP contribution in [0.5, 0.6) is 0 Å². The highest BCUT2D eigenvalue weighted by atomic mass is 15.3. The molecule has 3 nitrogen and oxygen atoms in total. The van der Waals surface area contributed by atoms with Gasteiger partial charge in [-0.05, 0) is 38.4 Å². The Hall–Kier alpha value is -1.22. The molecule has 102 valence electrons. The van der Waals surface area contributed by atoms with Crippen molar-refractivity contribution in [3.05, 3.63) is 23.8 Å². The van der Waals surface area contributed by atoms with Crippen molar-refractivity contribution < 1.29 is 0 Å². The van der Waals surface area contributed by atoms with Crippen LogP contribution in [-0.2, 0) is 0 Å². The zero-order valence-corrected chi connectivity index (χ0v) is 11.9. The van der Waals surface area contributed by atoms with Crippen LogP contribution in [0.25, 0.3) is 0 Å². The minimum Gasteiger partial charge on any atom is -0.366 e. The lowest BCUT2D eigenvalue weighted by molar-refractivity contribution is 0.401. The monoisotopic (exact) mass is 257 g/mol. The molecule has 4 rings (SSSR count). The van der Waals surface area contributed by atoms with Crippen LogP contribution < -0.4 is 15.1 Å². The molecule has 19 heavy (non-hydrogen) atoms. The lowest BCUT2D eigenvalue weighted by atomic mass is 9.90. The molecule has 0 radical (unpaired) electrons. The number of anilines is 2. The predicted molar refractivity (Wildman–Crippen MR) is 80.3 cm³/mol. The Morgan fingerprint density at radius 1 is 1.26 bits per heavy atom. The topological polar surface area (TPSA) is 18.5 Å². The second-order valence-corrected chi connectivity index (χ2v) is 6.36. The first-order chi connectivity index (χ1) is 9.27. The number of hydrogen-bond acceptors (Lipinski definition) is 3.